The first-order valence-corrected chi connectivity index (χ1v) is 6.83. The number of halogens is 1. The van der Waals surface area contributed by atoms with Crippen molar-refractivity contribution in [2.45, 2.75) is 18.6 Å². The number of aromatic nitrogens is 1. The third kappa shape index (κ3) is 2.87. The predicted molar refractivity (Wildman–Crippen MR) is 71.0 cm³/mol. The summed E-state index contributed by atoms with van der Waals surface area (Å²) in [7, 11) is 0. The fourth-order valence-electron chi connectivity index (χ4n) is 1.77. The highest BCUT2D eigenvalue weighted by atomic mass is 79.9. The van der Waals surface area contributed by atoms with Crippen molar-refractivity contribution in [1.82, 2.24) is 4.98 Å². The van der Waals surface area contributed by atoms with Gasteiger partial charge in [-0.3, -0.25) is 14.5 Å². The number of thioether (sulfide) groups is 1. The molecule has 0 aromatic carbocycles. The zero-order valence-corrected chi connectivity index (χ0v) is 11.6. The lowest BCUT2D eigenvalue weighted by molar-refractivity contribution is -0.117. The van der Waals surface area contributed by atoms with E-state index < -0.39 is 0 Å². The van der Waals surface area contributed by atoms with Gasteiger partial charge in [-0.05, 0) is 28.1 Å². The zero-order valence-electron chi connectivity index (χ0n) is 9.22. The highest BCUT2D eigenvalue weighted by Gasteiger charge is 2.33. The summed E-state index contributed by atoms with van der Waals surface area (Å²) >= 11 is 4.60. The van der Waals surface area contributed by atoms with Crippen LogP contribution in [-0.2, 0) is 9.59 Å². The summed E-state index contributed by atoms with van der Waals surface area (Å²) < 4.78 is 0.793. The lowest BCUT2D eigenvalue weighted by Crippen LogP contribution is -2.26. The van der Waals surface area contributed by atoms with Crippen LogP contribution in [0.3, 0.4) is 0 Å². The van der Waals surface area contributed by atoms with Gasteiger partial charge in [-0.1, -0.05) is 11.8 Å². The Kier molecular flexibility index (Phi) is 3.83. The van der Waals surface area contributed by atoms with Gasteiger partial charge in [-0.2, -0.15) is 0 Å². The summed E-state index contributed by atoms with van der Waals surface area (Å²) in [4.78, 5) is 28.7. The number of carbonyl (C=O) groups is 2. The quantitative estimate of drug-likeness (QED) is 0.840. The second-order valence-corrected chi connectivity index (χ2v) is 6.08. The smallest absolute Gasteiger partial charge is 0.229 e. The Morgan fingerprint density at radius 2 is 2.41 bits per heavy atom. The molecule has 2 rings (SSSR count). The largest absolute Gasteiger partial charge is 0.295 e. The molecule has 1 aromatic rings. The molecule has 1 amide bonds. The normalized spacial score (nSPS) is 19.8. The van der Waals surface area contributed by atoms with E-state index in [2.05, 4.69) is 20.9 Å². The van der Waals surface area contributed by atoms with Gasteiger partial charge in [0.05, 0.1) is 4.47 Å². The van der Waals surface area contributed by atoms with Gasteiger partial charge in [0, 0.05) is 31.3 Å². The average molecular weight is 315 g/mol. The van der Waals surface area contributed by atoms with E-state index in [1.165, 1.54) is 18.7 Å². The highest BCUT2D eigenvalue weighted by Crippen LogP contribution is 2.31. The first-order valence-electron chi connectivity index (χ1n) is 5.16. The van der Waals surface area contributed by atoms with E-state index in [1.54, 1.807) is 17.2 Å². The van der Waals surface area contributed by atoms with Crippen LogP contribution in [0.25, 0.3) is 0 Å². The molecule has 4 nitrogen and oxygen atoms in total. The van der Waals surface area contributed by atoms with Crippen LogP contribution in [0.5, 0.6) is 0 Å². The lowest BCUT2D eigenvalue weighted by Gasteiger charge is -2.16. The van der Waals surface area contributed by atoms with Crippen LogP contribution in [-0.4, -0.2) is 27.8 Å². The number of rotatable bonds is 2. The highest BCUT2D eigenvalue weighted by molar-refractivity contribution is 9.10. The van der Waals surface area contributed by atoms with E-state index in [0.29, 0.717) is 18.8 Å². The lowest BCUT2D eigenvalue weighted by atomic mass is 10.4. The van der Waals surface area contributed by atoms with Crippen LogP contribution < -0.4 is 4.90 Å². The van der Waals surface area contributed by atoms with Crippen molar-refractivity contribution < 1.29 is 9.59 Å². The summed E-state index contributed by atoms with van der Waals surface area (Å²) in [5, 5.41) is 0.0821. The maximum absolute atomic E-state index is 11.9. The molecule has 1 aromatic heterocycles. The third-order valence-corrected chi connectivity index (χ3v) is 4.02. The second kappa shape index (κ2) is 5.18. The van der Waals surface area contributed by atoms with Gasteiger partial charge in [0.1, 0.15) is 5.82 Å². The van der Waals surface area contributed by atoms with Crippen molar-refractivity contribution in [3.05, 3.63) is 22.8 Å². The Hall–Kier alpha value is -0.880. The number of anilines is 1. The van der Waals surface area contributed by atoms with Crippen LogP contribution in [0, 0.1) is 0 Å². The molecule has 2 heterocycles. The van der Waals surface area contributed by atoms with Gasteiger partial charge in [-0.25, -0.2) is 4.98 Å². The standard InChI is InChI=1S/C11H11BrN2O2S/c1-7(15)17-8-5-10(16)14(6-8)11-9(12)3-2-4-13-11/h2-4,8H,5-6H2,1H3. The number of hydrogen-bond donors (Lipinski definition) is 0. The molecule has 0 spiro atoms. The Morgan fingerprint density at radius 3 is 3.06 bits per heavy atom. The fourth-order valence-corrected chi connectivity index (χ4v) is 3.16. The predicted octanol–water partition coefficient (Wildman–Crippen LogP) is 2.23. The molecule has 0 aliphatic carbocycles. The van der Waals surface area contributed by atoms with Crippen molar-refractivity contribution in [2.75, 3.05) is 11.4 Å². The summed E-state index contributed by atoms with van der Waals surface area (Å²) in [5.41, 5.74) is 0. The summed E-state index contributed by atoms with van der Waals surface area (Å²) in [6, 6.07) is 3.65. The molecule has 1 aliphatic heterocycles. The molecule has 0 N–H and O–H groups in total. The molecule has 90 valence electrons. The first-order chi connectivity index (χ1) is 8.08. The molecule has 1 fully saturated rings. The van der Waals surface area contributed by atoms with Gasteiger partial charge < -0.3 is 0 Å². The number of amides is 1. The maximum Gasteiger partial charge on any atom is 0.229 e. The molecule has 1 aliphatic rings. The molecule has 17 heavy (non-hydrogen) atoms. The monoisotopic (exact) mass is 314 g/mol. The van der Waals surface area contributed by atoms with E-state index in [0.717, 1.165) is 4.47 Å². The van der Waals surface area contributed by atoms with E-state index in [4.69, 9.17) is 0 Å². The van der Waals surface area contributed by atoms with Gasteiger partial charge in [-0.15, -0.1) is 0 Å². The fraction of sp³-hybridized carbons (Fsp3) is 0.364. The van der Waals surface area contributed by atoms with E-state index in [-0.39, 0.29) is 16.3 Å². The van der Waals surface area contributed by atoms with Crippen LogP contribution in [0.1, 0.15) is 13.3 Å². The molecule has 1 unspecified atom stereocenters. The van der Waals surface area contributed by atoms with Gasteiger partial charge in [0.25, 0.3) is 0 Å². The Labute approximate surface area is 112 Å². The number of carbonyl (C=O) groups excluding carboxylic acids is 2. The van der Waals surface area contributed by atoms with Gasteiger partial charge in [0.2, 0.25) is 5.91 Å². The maximum atomic E-state index is 11.9. The average Bonchev–Trinajstić information content (AvgIpc) is 2.59. The van der Waals surface area contributed by atoms with Crippen molar-refractivity contribution >= 4 is 44.5 Å². The van der Waals surface area contributed by atoms with Gasteiger partial charge >= 0.3 is 0 Å². The summed E-state index contributed by atoms with van der Waals surface area (Å²) in [5.74, 6) is 0.646. The molecule has 0 bridgehead atoms. The Balaban J connectivity index is 2.16. The Bertz CT molecular complexity index is 467. The van der Waals surface area contributed by atoms with E-state index >= 15 is 0 Å². The van der Waals surface area contributed by atoms with Crippen molar-refractivity contribution in [3.63, 3.8) is 0 Å². The summed E-state index contributed by atoms with van der Waals surface area (Å²) in [6.07, 6.45) is 2.05. The van der Waals surface area contributed by atoms with Crippen LogP contribution in [0.2, 0.25) is 0 Å². The third-order valence-electron chi connectivity index (χ3n) is 2.42. The first kappa shape index (κ1) is 12.6. The van der Waals surface area contributed by atoms with Crippen molar-refractivity contribution in [3.8, 4) is 0 Å². The van der Waals surface area contributed by atoms with Crippen LogP contribution in [0.4, 0.5) is 5.82 Å². The van der Waals surface area contributed by atoms with Crippen LogP contribution >= 0.6 is 27.7 Å². The van der Waals surface area contributed by atoms with E-state index in [9.17, 15) is 9.59 Å². The minimum Gasteiger partial charge on any atom is -0.295 e. The number of pyridine rings is 1. The molecular formula is C11H11BrN2O2S. The zero-order chi connectivity index (χ0) is 12.4. The van der Waals surface area contributed by atoms with E-state index in [1.807, 2.05) is 6.07 Å². The van der Waals surface area contributed by atoms with Crippen molar-refractivity contribution in [1.29, 1.82) is 0 Å². The minimum absolute atomic E-state index is 0.0168. The topological polar surface area (TPSA) is 50.3 Å². The SMILES string of the molecule is CC(=O)SC1CC(=O)N(c2ncccc2Br)C1. The molecule has 1 atom stereocenters. The molecule has 0 saturated carbocycles. The molecule has 6 heteroatoms. The van der Waals surface area contributed by atoms with Gasteiger partial charge in [0.15, 0.2) is 5.12 Å². The summed E-state index contributed by atoms with van der Waals surface area (Å²) in [6.45, 7) is 2.06. The Morgan fingerprint density at radius 1 is 1.65 bits per heavy atom. The minimum atomic E-state index is 0.0168. The molecule has 0 radical (unpaired) electrons. The number of nitrogens with zero attached hydrogens (tertiary/aromatic N) is 2. The number of hydrogen-bond acceptors (Lipinski definition) is 4. The van der Waals surface area contributed by atoms with Crippen molar-refractivity contribution in [2.24, 2.45) is 0 Å². The second-order valence-electron chi connectivity index (χ2n) is 3.75. The molecular weight excluding hydrogens is 304 g/mol. The van der Waals surface area contributed by atoms with Crippen LogP contribution in [0.15, 0.2) is 22.8 Å². The molecule has 1 saturated heterocycles.